The molecular weight excluding hydrogens is 210 g/mol. The largest absolute Gasteiger partial charge is 0.312 e. The molecule has 0 atom stereocenters. The molecule has 0 unspecified atom stereocenters. The van der Waals surface area contributed by atoms with Gasteiger partial charge in [0, 0.05) is 11.4 Å². The van der Waals surface area contributed by atoms with Gasteiger partial charge in [0.15, 0.2) is 0 Å². The number of rotatable bonds is 3. The number of nitrogens with one attached hydrogen (secondary N) is 1. The van der Waals surface area contributed by atoms with Crippen LogP contribution in [0.3, 0.4) is 0 Å². The molecule has 3 nitrogen and oxygen atoms in total. The van der Waals surface area contributed by atoms with Gasteiger partial charge in [0.2, 0.25) is 0 Å². The second kappa shape index (κ2) is 4.64. The second-order valence-electron chi connectivity index (χ2n) is 3.76. The van der Waals surface area contributed by atoms with E-state index >= 15 is 0 Å². The molecule has 4 heteroatoms. The molecule has 1 aliphatic rings. The van der Waals surface area contributed by atoms with Gasteiger partial charge in [-0.2, -0.15) is 0 Å². The lowest BCUT2D eigenvalue weighted by Crippen LogP contribution is -2.32. The highest BCUT2D eigenvalue weighted by molar-refractivity contribution is 6.30. The molecule has 3 N–H and O–H groups in total. The molecular formula is C11H14ClN3. The lowest BCUT2D eigenvalue weighted by atomic mass is 10.1. The molecule has 0 amide bonds. The average molecular weight is 224 g/mol. The maximum absolute atomic E-state index is 5.90. The topological polar surface area (TPSA) is 50.4 Å². The van der Waals surface area contributed by atoms with Gasteiger partial charge in [0.05, 0.1) is 6.04 Å². The Hall–Kier alpha value is -1.06. The molecule has 1 fully saturated rings. The zero-order chi connectivity index (χ0) is 10.7. The van der Waals surface area contributed by atoms with Crippen LogP contribution in [0.4, 0.5) is 0 Å². The molecule has 0 aromatic heterocycles. The molecule has 0 radical (unpaired) electrons. The molecule has 15 heavy (non-hydrogen) atoms. The maximum Gasteiger partial charge on any atom is 0.115 e. The third kappa shape index (κ3) is 3.22. The number of nitrogens with zero attached hydrogens (tertiary/aromatic N) is 1. The molecule has 1 aliphatic carbocycles. The molecule has 80 valence electrons. The molecule has 0 aliphatic heterocycles. The van der Waals surface area contributed by atoms with E-state index in [1.165, 1.54) is 12.8 Å². The van der Waals surface area contributed by atoms with Crippen molar-refractivity contribution in [2.75, 3.05) is 0 Å². The Morgan fingerprint density at radius 1 is 1.53 bits per heavy atom. The molecule has 0 spiro atoms. The first-order valence-electron chi connectivity index (χ1n) is 5.05. The summed E-state index contributed by atoms with van der Waals surface area (Å²) in [4.78, 5) is 4.47. The van der Waals surface area contributed by atoms with Crippen LogP contribution in [0.25, 0.3) is 0 Å². The number of hydrazine groups is 1. The summed E-state index contributed by atoms with van der Waals surface area (Å²) >= 11 is 5.90. The third-order valence-electron chi connectivity index (χ3n) is 2.31. The van der Waals surface area contributed by atoms with Crippen LogP contribution in [-0.2, 0) is 6.42 Å². The van der Waals surface area contributed by atoms with Gasteiger partial charge in [-0.25, -0.2) is 5.84 Å². The Bertz CT molecular complexity index is 372. The zero-order valence-corrected chi connectivity index (χ0v) is 9.17. The van der Waals surface area contributed by atoms with E-state index in [9.17, 15) is 0 Å². The summed E-state index contributed by atoms with van der Waals surface area (Å²) < 4.78 is 0. The number of hydrogen-bond donors (Lipinski definition) is 2. The van der Waals surface area contributed by atoms with Gasteiger partial charge in [-0.3, -0.25) is 4.99 Å². The first-order valence-corrected chi connectivity index (χ1v) is 5.43. The fourth-order valence-electron chi connectivity index (χ4n) is 1.40. The van der Waals surface area contributed by atoms with Gasteiger partial charge in [-0.15, -0.1) is 0 Å². The van der Waals surface area contributed by atoms with Crippen molar-refractivity contribution in [1.82, 2.24) is 5.43 Å². The molecule has 1 saturated carbocycles. The fraction of sp³-hybridized carbons (Fsp3) is 0.364. The third-order valence-corrected chi connectivity index (χ3v) is 2.55. The fourth-order valence-corrected chi connectivity index (χ4v) is 1.61. The van der Waals surface area contributed by atoms with Crippen molar-refractivity contribution in [2.45, 2.75) is 25.3 Å². The molecule has 0 bridgehead atoms. The van der Waals surface area contributed by atoms with E-state index < -0.39 is 0 Å². The number of amidine groups is 1. The Balaban J connectivity index is 2.05. The number of benzene rings is 1. The summed E-state index contributed by atoms with van der Waals surface area (Å²) in [6.07, 6.45) is 3.08. The SMILES string of the molecule is NNC(Cc1cccc(Cl)c1)=NC1CC1. The van der Waals surface area contributed by atoms with Gasteiger partial charge in [-0.05, 0) is 30.5 Å². The highest BCUT2D eigenvalue weighted by Gasteiger charge is 2.20. The molecule has 1 aromatic carbocycles. The quantitative estimate of drug-likeness (QED) is 0.356. The van der Waals surface area contributed by atoms with Crippen molar-refractivity contribution in [2.24, 2.45) is 10.8 Å². The molecule has 0 saturated heterocycles. The average Bonchev–Trinajstić information content (AvgIpc) is 3.01. The van der Waals surface area contributed by atoms with Crippen molar-refractivity contribution in [3.63, 3.8) is 0 Å². The summed E-state index contributed by atoms with van der Waals surface area (Å²) in [6.45, 7) is 0. The van der Waals surface area contributed by atoms with Gasteiger partial charge in [0.25, 0.3) is 0 Å². The molecule has 1 aromatic rings. The van der Waals surface area contributed by atoms with Crippen LogP contribution in [-0.4, -0.2) is 11.9 Å². The lowest BCUT2D eigenvalue weighted by molar-refractivity contribution is 0.940. The van der Waals surface area contributed by atoms with E-state index in [2.05, 4.69) is 10.4 Å². The van der Waals surface area contributed by atoms with E-state index in [4.69, 9.17) is 17.4 Å². The van der Waals surface area contributed by atoms with Gasteiger partial charge < -0.3 is 5.43 Å². The van der Waals surface area contributed by atoms with Crippen LogP contribution in [0.2, 0.25) is 5.02 Å². The summed E-state index contributed by atoms with van der Waals surface area (Å²) in [7, 11) is 0. The number of halogens is 1. The number of hydrogen-bond acceptors (Lipinski definition) is 2. The minimum atomic E-state index is 0.482. The maximum atomic E-state index is 5.90. The Kier molecular flexibility index (Phi) is 3.23. The number of aliphatic imine (C=N–C) groups is 1. The minimum Gasteiger partial charge on any atom is -0.312 e. The van der Waals surface area contributed by atoms with Crippen molar-refractivity contribution < 1.29 is 0 Å². The van der Waals surface area contributed by atoms with Gasteiger partial charge in [-0.1, -0.05) is 23.7 Å². The van der Waals surface area contributed by atoms with Gasteiger partial charge >= 0.3 is 0 Å². The lowest BCUT2D eigenvalue weighted by Gasteiger charge is -2.05. The van der Waals surface area contributed by atoms with Gasteiger partial charge in [0.1, 0.15) is 5.84 Å². The second-order valence-corrected chi connectivity index (χ2v) is 4.19. The Labute approximate surface area is 94.3 Å². The van der Waals surface area contributed by atoms with Crippen molar-refractivity contribution in [3.8, 4) is 0 Å². The van der Waals surface area contributed by atoms with E-state index in [0.717, 1.165) is 16.4 Å². The van der Waals surface area contributed by atoms with Crippen LogP contribution >= 0.6 is 11.6 Å². The van der Waals surface area contributed by atoms with Crippen molar-refractivity contribution in [3.05, 3.63) is 34.9 Å². The van der Waals surface area contributed by atoms with Crippen LogP contribution < -0.4 is 11.3 Å². The van der Waals surface area contributed by atoms with E-state index in [1.807, 2.05) is 24.3 Å². The van der Waals surface area contributed by atoms with E-state index in [1.54, 1.807) is 0 Å². The monoisotopic (exact) mass is 223 g/mol. The summed E-state index contributed by atoms with van der Waals surface area (Å²) in [6, 6.07) is 8.23. The zero-order valence-electron chi connectivity index (χ0n) is 8.41. The van der Waals surface area contributed by atoms with Crippen molar-refractivity contribution in [1.29, 1.82) is 0 Å². The van der Waals surface area contributed by atoms with Crippen LogP contribution in [0.15, 0.2) is 29.3 Å². The Morgan fingerprint density at radius 3 is 2.93 bits per heavy atom. The van der Waals surface area contributed by atoms with Crippen LogP contribution in [0, 0.1) is 0 Å². The summed E-state index contributed by atoms with van der Waals surface area (Å²) in [5.74, 6) is 6.25. The molecule has 0 heterocycles. The van der Waals surface area contributed by atoms with Crippen molar-refractivity contribution >= 4 is 17.4 Å². The van der Waals surface area contributed by atoms with E-state index in [-0.39, 0.29) is 0 Å². The van der Waals surface area contributed by atoms with Crippen LogP contribution in [0.5, 0.6) is 0 Å². The first-order chi connectivity index (χ1) is 7.28. The highest BCUT2D eigenvalue weighted by Crippen LogP contribution is 2.23. The highest BCUT2D eigenvalue weighted by atomic mass is 35.5. The smallest absolute Gasteiger partial charge is 0.115 e. The summed E-state index contributed by atoms with van der Waals surface area (Å²) in [5.41, 5.74) is 3.77. The normalized spacial score (nSPS) is 16.5. The predicted octanol–water partition coefficient (Wildman–Crippen LogP) is 1.91. The van der Waals surface area contributed by atoms with Crippen LogP contribution in [0.1, 0.15) is 18.4 Å². The standard InChI is InChI=1S/C11H14ClN3/c12-9-3-1-2-8(6-9)7-11(15-13)14-10-4-5-10/h1-3,6,10H,4-5,7,13H2,(H,14,15). The van der Waals surface area contributed by atoms with E-state index in [0.29, 0.717) is 12.5 Å². The minimum absolute atomic E-state index is 0.482. The number of nitrogens with two attached hydrogens (primary N) is 1. The Morgan fingerprint density at radius 2 is 2.33 bits per heavy atom. The first kappa shape index (κ1) is 10.5. The summed E-state index contributed by atoms with van der Waals surface area (Å²) in [5, 5.41) is 0.746. The predicted molar refractivity (Wildman–Crippen MR) is 62.9 cm³/mol. The molecule has 2 rings (SSSR count).